The maximum atomic E-state index is 11.9. The second-order valence-corrected chi connectivity index (χ2v) is 5.43. The third-order valence-electron chi connectivity index (χ3n) is 2.28. The summed E-state index contributed by atoms with van der Waals surface area (Å²) < 4.78 is 0. The van der Waals surface area contributed by atoms with Crippen LogP contribution in [0, 0.1) is 0 Å². The van der Waals surface area contributed by atoms with Gasteiger partial charge in [-0.25, -0.2) is 4.79 Å². The van der Waals surface area contributed by atoms with E-state index in [1.807, 2.05) is 0 Å². The van der Waals surface area contributed by atoms with Gasteiger partial charge in [0.25, 0.3) is 5.91 Å². The molecular weight excluding hydrogens is 268 g/mol. The number of carbonyl (C=O) groups is 3. The smallest absolute Gasteiger partial charge is 0.328 e. The standard InChI is InChI=1S/C12H14N2O4S/c1-12(2,11(13)18)14-10(17)8-5-3-7(19-8)4-6-9(15)16/h3-6H,1-2H3,(H2,13,18)(H,14,17)(H,15,16). The molecule has 4 N–H and O–H groups in total. The van der Waals surface area contributed by atoms with Crippen LogP contribution in [0.25, 0.3) is 6.08 Å². The molecule has 0 radical (unpaired) electrons. The van der Waals surface area contributed by atoms with Gasteiger partial charge in [0.15, 0.2) is 0 Å². The van der Waals surface area contributed by atoms with Gasteiger partial charge in [-0.2, -0.15) is 0 Å². The highest BCUT2D eigenvalue weighted by molar-refractivity contribution is 7.14. The van der Waals surface area contributed by atoms with Crippen molar-refractivity contribution in [3.05, 3.63) is 28.0 Å². The Kier molecular flexibility index (Phi) is 4.44. The predicted octanol–water partition coefficient (Wildman–Crippen LogP) is 0.840. The van der Waals surface area contributed by atoms with E-state index in [0.29, 0.717) is 9.75 Å². The number of thiophene rings is 1. The molecule has 2 amide bonds. The molecule has 0 aliphatic carbocycles. The number of carboxylic acid groups (broad SMARTS) is 1. The molecule has 0 saturated carbocycles. The molecular formula is C12H14N2O4S. The molecule has 0 aliphatic rings. The normalized spacial score (nSPS) is 11.5. The summed E-state index contributed by atoms with van der Waals surface area (Å²) in [5, 5.41) is 11.0. The molecule has 1 heterocycles. The van der Waals surface area contributed by atoms with Gasteiger partial charge in [0.05, 0.1) is 4.88 Å². The van der Waals surface area contributed by atoms with E-state index in [9.17, 15) is 14.4 Å². The molecule has 0 bridgehead atoms. The zero-order valence-corrected chi connectivity index (χ0v) is 11.3. The van der Waals surface area contributed by atoms with E-state index in [-0.39, 0.29) is 0 Å². The van der Waals surface area contributed by atoms with Crippen LogP contribution >= 0.6 is 11.3 Å². The number of nitrogens with two attached hydrogens (primary N) is 1. The van der Waals surface area contributed by atoms with E-state index >= 15 is 0 Å². The number of hydrogen-bond donors (Lipinski definition) is 3. The molecule has 0 aromatic carbocycles. The van der Waals surface area contributed by atoms with E-state index in [1.165, 1.54) is 19.9 Å². The van der Waals surface area contributed by atoms with Gasteiger partial charge in [0.1, 0.15) is 5.54 Å². The molecule has 6 nitrogen and oxygen atoms in total. The number of carbonyl (C=O) groups excluding carboxylic acids is 2. The van der Waals surface area contributed by atoms with Crippen molar-refractivity contribution in [3.8, 4) is 0 Å². The van der Waals surface area contributed by atoms with Gasteiger partial charge in [-0.15, -0.1) is 11.3 Å². The molecule has 1 aromatic heterocycles. The maximum absolute atomic E-state index is 11.9. The molecule has 7 heteroatoms. The lowest BCUT2D eigenvalue weighted by atomic mass is 10.1. The quantitative estimate of drug-likeness (QED) is 0.695. The number of carboxylic acids is 1. The second-order valence-electron chi connectivity index (χ2n) is 4.32. The van der Waals surface area contributed by atoms with E-state index < -0.39 is 23.3 Å². The Labute approximate surface area is 113 Å². The first-order valence-electron chi connectivity index (χ1n) is 5.35. The lowest BCUT2D eigenvalue weighted by Crippen LogP contribution is -2.52. The van der Waals surface area contributed by atoms with Gasteiger partial charge in [-0.05, 0) is 32.1 Å². The summed E-state index contributed by atoms with van der Waals surface area (Å²) in [4.78, 5) is 34.3. The molecule has 1 aromatic rings. The third-order valence-corrected chi connectivity index (χ3v) is 3.33. The Morgan fingerprint density at radius 3 is 2.53 bits per heavy atom. The molecule has 1 rings (SSSR count). The van der Waals surface area contributed by atoms with Gasteiger partial charge in [-0.1, -0.05) is 0 Å². The van der Waals surface area contributed by atoms with Crippen LogP contribution in [0.4, 0.5) is 0 Å². The highest BCUT2D eigenvalue weighted by Gasteiger charge is 2.27. The molecule has 102 valence electrons. The van der Waals surface area contributed by atoms with Crippen LogP contribution < -0.4 is 11.1 Å². The Morgan fingerprint density at radius 1 is 1.37 bits per heavy atom. The molecule has 0 fully saturated rings. The minimum absolute atomic E-state index is 0.374. The summed E-state index contributed by atoms with van der Waals surface area (Å²) in [5.74, 6) is -2.12. The Bertz CT molecular complexity index is 546. The van der Waals surface area contributed by atoms with Crippen LogP contribution in [0.5, 0.6) is 0 Å². The Balaban J connectivity index is 2.79. The molecule has 0 saturated heterocycles. The lowest BCUT2D eigenvalue weighted by molar-refractivity contribution is -0.131. The fourth-order valence-corrected chi connectivity index (χ4v) is 1.93. The summed E-state index contributed by atoms with van der Waals surface area (Å²) in [5.41, 5.74) is 4.02. The van der Waals surface area contributed by atoms with Gasteiger partial charge in [-0.3, -0.25) is 9.59 Å². The van der Waals surface area contributed by atoms with E-state index in [4.69, 9.17) is 10.8 Å². The number of primary amides is 1. The van der Waals surface area contributed by atoms with E-state index in [0.717, 1.165) is 17.4 Å². The summed E-state index contributed by atoms with van der Waals surface area (Å²) in [6.45, 7) is 3.01. The zero-order chi connectivity index (χ0) is 14.6. The van der Waals surface area contributed by atoms with Crippen LogP contribution in [0.15, 0.2) is 18.2 Å². The van der Waals surface area contributed by atoms with Crippen molar-refractivity contribution in [1.82, 2.24) is 5.32 Å². The van der Waals surface area contributed by atoms with E-state index in [1.54, 1.807) is 12.1 Å². The second kappa shape index (κ2) is 5.66. The topological polar surface area (TPSA) is 109 Å². The van der Waals surface area contributed by atoms with Gasteiger partial charge in [0, 0.05) is 11.0 Å². The summed E-state index contributed by atoms with van der Waals surface area (Å²) in [6.07, 6.45) is 2.38. The lowest BCUT2D eigenvalue weighted by Gasteiger charge is -2.21. The summed E-state index contributed by atoms with van der Waals surface area (Å²) in [6, 6.07) is 3.18. The highest BCUT2D eigenvalue weighted by Crippen LogP contribution is 2.18. The minimum atomic E-state index is -1.14. The largest absolute Gasteiger partial charge is 0.478 e. The van der Waals surface area contributed by atoms with Crippen molar-refractivity contribution in [3.63, 3.8) is 0 Å². The zero-order valence-electron chi connectivity index (χ0n) is 10.5. The first-order chi connectivity index (χ1) is 8.72. The SMILES string of the molecule is CC(C)(NC(=O)c1ccc(C=CC(=O)O)s1)C(N)=O. The van der Waals surface area contributed by atoms with Crippen molar-refractivity contribution < 1.29 is 19.5 Å². The predicted molar refractivity (Wildman–Crippen MR) is 71.7 cm³/mol. The molecule has 0 spiro atoms. The molecule has 0 aliphatic heterocycles. The number of nitrogens with one attached hydrogen (secondary N) is 1. The van der Waals surface area contributed by atoms with Gasteiger partial charge < -0.3 is 16.2 Å². The maximum Gasteiger partial charge on any atom is 0.328 e. The van der Waals surface area contributed by atoms with Gasteiger partial charge in [0.2, 0.25) is 5.91 Å². The Morgan fingerprint density at radius 2 is 2.00 bits per heavy atom. The fourth-order valence-electron chi connectivity index (χ4n) is 1.12. The summed E-state index contributed by atoms with van der Waals surface area (Å²) >= 11 is 1.12. The number of rotatable bonds is 5. The van der Waals surface area contributed by atoms with Crippen molar-refractivity contribution >= 4 is 35.2 Å². The van der Waals surface area contributed by atoms with Crippen molar-refractivity contribution in [2.75, 3.05) is 0 Å². The first kappa shape index (κ1) is 14.9. The molecule has 0 unspecified atom stereocenters. The van der Waals surface area contributed by atoms with E-state index in [2.05, 4.69) is 5.32 Å². The Hall–Kier alpha value is -2.15. The van der Waals surface area contributed by atoms with Crippen LogP contribution in [-0.2, 0) is 9.59 Å². The monoisotopic (exact) mass is 282 g/mol. The minimum Gasteiger partial charge on any atom is -0.478 e. The van der Waals surface area contributed by atoms with Crippen molar-refractivity contribution in [2.24, 2.45) is 5.73 Å². The van der Waals surface area contributed by atoms with Gasteiger partial charge >= 0.3 is 5.97 Å². The van der Waals surface area contributed by atoms with Crippen LogP contribution in [0.2, 0.25) is 0 Å². The van der Waals surface area contributed by atoms with Crippen molar-refractivity contribution in [1.29, 1.82) is 0 Å². The van der Waals surface area contributed by atoms with Crippen LogP contribution in [0.3, 0.4) is 0 Å². The average Bonchev–Trinajstić information content (AvgIpc) is 2.74. The highest BCUT2D eigenvalue weighted by atomic mass is 32.1. The first-order valence-corrected chi connectivity index (χ1v) is 6.17. The van der Waals surface area contributed by atoms with Crippen molar-refractivity contribution in [2.45, 2.75) is 19.4 Å². The summed E-state index contributed by atoms with van der Waals surface area (Å²) in [7, 11) is 0. The number of amides is 2. The van der Waals surface area contributed by atoms with Crippen LogP contribution in [-0.4, -0.2) is 28.4 Å². The molecule has 0 atom stereocenters. The molecule has 19 heavy (non-hydrogen) atoms. The number of hydrogen-bond acceptors (Lipinski definition) is 4. The average molecular weight is 282 g/mol. The third kappa shape index (κ3) is 4.22. The number of aliphatic carboxylic acids is 1. The van der Waals surface area contributed by atoms with Crippen LogP contribution in [0.1, 0.15) is 28.4 Å². The fraction of sp³-hybridized carbons (Fsp3) is 0.250.